The number of para-hydroxylation sites is 2. The second kappa shape index (κ2) is 9.96. The second-order valence-corrected chi connectivity index (χ2v) is 6.86. The number of nitrogens with one attached hydrogen (secondary N) is 1. The molecule has 0 saturated carbocycles. The lowest BCUT2D eigenvalue weighted by atomic mass is 10.2. The number of carbonyl (C=O) groups is 1. The molecule has 0 aromatic heterocycles. The van der Waals surface area contributed by atoms with Gasteiger partial charge >= 0.3 is 0 Å². The summed E-state index contributed by atoms with van der Waals surface area (Å²) in [6.45, 7) is -0.119. The van der Waals surface area contributed by atoms with Crippen molar-refractivity contribution in [1.82, 2.24) is 0 Å². The van der Waals surface area contributed by atoms with E-state index < -0.39 is 0 Å². The van der Waals surface area contributed by atoms with Crippen LogP contribution in [-0.2, 0) is 4.79 Å². The maximum absolute atomic E-state index is 12.1. The van der Waals surface area contributed by atoms with Crippen LogP contribution in [0.25, 0.3) is 0 Å². The number of nitrogens with zero attached hydrogens (tertiary/aromatic N) is 1. The molecule has 148 valence electrons. The summed E-state index contributed by atoms with van der Waals surface area (Å²) in [6, 6.07) is 19.5. The van der Waals surface area contributed by atoms with E-state index in [4.69, 9.17) is 32.7 Å². The summed E-state index contributed by atoms with van der Waals surface area (Å²) in [5.41, 5.74) is 2.12. The molecule has 0 atom stereocenters. The maximum atomic E-state index is 12.1. The summed E-state index contributed by atoms with van der Waals surface area (Å²) in [6.07, 6.45) is 1.69. The van der Waals surface area contributed by atoms with Crippen molar-refractivity contribution >= 4 is 46.7 Å². The first kappa shape index (κ1) is 20.7. The predicted octanol–water partition coefficient (Wildman–Crippen LogP) is 5.77. The minimum atomic E-state index is -0.280. The molecule has 5 nitrogen and oxygen atoms in total. The van der Waals surface area contributed by atoms with Crippen LogP contribution < -0.4 is 14.8 Å². The lowest BCUT2D eigenvalue weighted by molar-refractivity contribution is -0.118. The van der Waals surface area contributed by atoms with Crippen molar-refractivity contribution in [2.45, 2.75) is 0 Å². The fourth-order valence-electron chi connectivity index (χ4n) is 2.50. The van der Waals surface area contributed by atoms with Gasteiger partial charge in [-0.15, -0.1) is 0 Å². The Kier molecular flexibility index (Phi) is 7.11. The first-order valence-electron chi connectivity index (χ1n) is 8.69. The number of ether oxygens (including phenoxy) is 2. The molecular weight excluding hydrogens is 411 g/mol. The van der Waals surface area contributed by atoms with Gasteiger partial charge in [0.05, 0.1) is 18.5 Å². The van der Waals surface area contributed by atoms with Gasteiger partial charge in [-0.1, -0.05) is 35.3 Å². The SMILES string of the molecule is COc1ccccc1NC(=O)COc1ccc(C=Nc2cc(Cl)cc(Cl)c2)cc1. The van der Waals surface area contributed by atoms with E-state index in [2.05, 4.69) is 10.3 Å². The van der Waals surface area contributed by atoms with Gasteiger partial charge in [-0.2, -0.15) is 0 Å². The van der Waals surface area contributed by atoms with Crippen LogP contribution >= 0.6 is 23.2 Å². The fraction of sp³-hybridized carbons (Fsp3) is 0.0909. The quantitative estimate of drug-likeness (QED) is 0.485. The zero-order valence-electron chi connectivity index (χ0n) is 15.6. The van der Waals surface area contributed by atoms with Crippen molar-refractivity contribution in [2.75, 3.05) is 19.0 Å². The zero-order valence-corrected chi connectivity index (χ0v) is 17.1. The molecule has 3 aromatic carbocycles. The molecule has 3 rings (SSSR count). The maximum Gasteiger partial charge on any atom is 0.262 e. The van der Waals surface area contributed by atoms with E-state index in [0.29, 0.717) is 32.9 Å². The van der Waals surface area contributed by atoms with Crippen LogP contribution in [0, 0.1) is 0 Å². The summed E-state index contributed by atoms with van der Waals surface area (Å²) < 4.78 is 10.7. The number of hydrogen-bond acceptors (Lipinski definition) is 4. The highest BCUT2D eigenvalue weighted by Crippen LogP contribution is 2.25. The Balaban J connectivity index is 1.55. The normalized spacial score (nSPS) is 10.7. The average molecular weight is 429 g/mol. The van der Waals surface area contributed by atoms with Gasteiger partial charge in [0.25, 0.3) is 5.91 Å². The van der Waals surface area contributed by atoms with Crippen molar-refractivity contribution in [3.8, 4) is 11.5 Å². The average Bonchev–Trinajstić information content (AvgIpc) is 2.71. The summed E-state index contributed by atoms with van der Waals surface area (Å²) in [5.74, 6) is 0.881. The molecule has 0 unspecified atom stereocenters. The third kappa shape index (κ3) is 6.24. The number of methoxy groups -OCH3 is 1. The Labute approximate surface area is 178 Å². The highest BCUT2D eigenvalue weighted by atomic mass is 35.5. The Morgan fingerprint density at radius 2 is 1.72 bits per heavy atom. The highest BCUT2D eigenvalue weighted by molar-refractivity contribution is 6.35. The number of aliphatic imine (C=N–C) groups is 1. The molecule has 0 heterocycles. The number of hydrogen-bond donors (Lipinski definition) is 1. The number of carbonyl (C=O) groups excluding carboxylic acids is 1. The Bertz CT molecular complexity index is 1000. The largest absolute Gasteiger partial charge is 0.495 e. The minimum absolute atomic E-state index is 0.119. The molecule has 0 aliphatic carbocycles. The number of anilines is 1. The van der Waals surface area contributed by atoms with Crippen molar-refractivity contribution < 1.29 is 14.3 Å². The third-order valence-corrected chi connectivity index (χ3v) is 4.28. The molecule has 0 bridgehead atoms. The number of amides is 1. The molecule has 0 spiro atoms. The monoisotopic (exact) mass is 428 g/mol. The van der Waals surface area contributed by atoms with Gasteiger partial charge in [-0.05, 0) is 60.2 Å². The van der Waals surface area contributed by atoms with Gasteiger partial charge in [0.1, 0.15) is 11.5 Å². The Morgan fingerprint density at radius 3 is 2.41 bits per heavy atom. The van der Waals surface area contributed by atoms with E-state index >= 15 is 0 Å². The van der Waals surface area contributed by atoms with E-state index in [1.165, 1.54) is 0 Å². The lowest BCUT2D eigenvalue weighted by Gasteiger charge is -2.10. The molecule has 0 saturated heterocycles. The molecule has 0 radical (unpaired) electrons. The Morgan fingerprint density at radius 1 is 1.03 bits per heavy atom. The molecular formula is C22H18Cl2N2O3. The second-order valence-electron chi connectivity index (χ2n) is 5.99. The van der Waals surface area contributed by atoms with Crippen molar-refractivity contribution in [2.24, 2.45) is 4.99 Å². The van der Waals surface area contributed by atoms with Gasteiger partial charge in [0.2, 0.25) is 0 Å². The predicted molar refractivity (Wildman–Crippen MR) is 117 cm³/mol. The molecule has 0 fully saturated rings. The van der Waals surface area contributed by atoms with Crippen molar-refractivity contribution in [1.29, 1.82) is 0 Å². The summed E-state index contributed by atoms with van der Waals surface area (Å²) >= 11 is 11.9. The molecule has 1 N–H and O–H groups in total. The van der Waals surface area contributed by atoms with Gasteiger partial charge in [0.15, 0.2) is 6.61 Å². The molecule has 3 aromatic rings. The fourth-order valence-corrected chi connectivity index (χ4v) is 3.01. The number of halogens is 2. The molecule has 0 aliphatic rings. The summed E-state index contributed by atoms with van der Waals surface area (Å²) in [5, 5.41) is 3.81. The van der Waals surface area contributed by atoms with Gasteiger partial charge in [-0.3, -0.25) is 9.79 Å². The summed E-state index contributed by atoms with van der Waals surface area (Å²) in [4.78, 5) is 16.5. The van der Waals surface area contributed by atoms with Crippen LogP contribution in [0.5, 0.6) is 11.5 Å². The molecule has 0 aliphatic heterocycles. The van der Waals surface area contributed by atoms with Crippen LogP contribution in [0.4, 0.5) is 11.4 Å². The summed E-state index contributed by atoms with van der Waals surface area (Å²) in [7, 11) is 1.55. The van der Waals surface area contributed by atoms with Crippen LogP contribution in [0.1, 0.15) is 5.56 Å². The van der Waals surface area contributed by atoms with Crippen LogP contribution in [0.3, 0.4) is 0 Å². The van der Waals surface area contributed by atoms with Gasteiger partial charge in [-0.25, -0.2) is 0 Å². The van der Waals surface area contributed by atoms with E-state index in [1.54, 1.807) is 55.8 Å². The lowest BCUT2D eigenvalue weighted by Crippen LogP contribution is -2.20. The number of benzene rings is 3. The van der Waals surface area contributed by atoms with Crippen LogP contribution in [0.15, 0.2) is 71.7 Å². The van der Waals surface area contributed by atoms with E-state index in [9.17, 15) is 4.79 Å². The van der Waals surface area contributed by atoms with Gasteiger partial charge in [0, 0.05) is 16.3 Å². The first-order chi connectivity index (χ1) is 14.0. The molecule has 7 heteroatoms. The highest BCUT2D eigenvalue weighted by Gasteiger charge is 2.07. The zero-order chi connectivity index (χ0) is 20.6. The topological polar surface area (TPSA) is 59.9 Å². The van der Waals surface area contributed by atoms with E-state index in [0.717, 1.165) is 5.56 Å². The van der Waals surface area contributed by atoms with Crippen molar-refractivity contribution in [3.05, 3.63) is 82.3 Å². The van der Waals surface area contributed by atoms with Crippen LogP contribution in [-0.4, -0.2) is 25.8 Å². The van der Waals surface area contributed by atoms with E-state index in [1.807, 2.05) is 24.3 Å². The smallest absolute Gasteiger partial charge is 0.262 e. The Hall–Kier alpha value is -3.02. The third-order valence-electron chi connectivity index (χ3n) is 3.84. The molecule has 1 amide bonds. The van der Waals surface area contributed by atoms with Crippen molar-refractivity contribution in [3.63, 3.8) is 0 Å². The van der Waals surface area contributed by atoms with Crippen LogP contribution in [0.2, 0.25) is 10.0 Å². The van der Waals surface area contributed by atoms with E-state index in [-0.39, 0.29) is 12.5 Å². The minimum Gasteiger partial charge on any atom is -0.495 e. The standard InChI is InChI=1S/C22H18Cl2N2O3/c1-28-21-5-3-2-4-20(21)26-22(27)14-29-19-8-6-15(7-9-19)13-25-18-11-16(23)10-17(24)12-18/h2-13H,14H2,1H3,(H,26,27). The van der Waals surface area contributed by atoms with Gasteiger partial charge < -0.3 is 14.8 Å². The first-order valence-corrected chi connectivity index (χ1v) is 9.45. The molecule has 29 heavy (non-hydrogen) atoms. The number of rotatable bonds is 7.